The molecule has 9 heteroatoms. The highest BCUT2D eigenvalue weighted by atomic mass is 32.2. The van der Waals surface area contributed by atoms with Crippen molar-refractivity contribution in [3.63, 3.8) is 0 Å². The number of halogens is 2. The molecule has 0 aliphatic rings. The summed E-state index contributed by atoms with van der Waals surface area (Å²) in [6, 6.07) is 11.9. The summed E-state index contributed by atoms with van der Waals surface area (Å²) in [4.78, 5) is 14.6. The molecule has 0 bridgehead atoms. The highest BCUT2D eigenvalue weighted by Gasteiger charge is 2.24. The monoisotopic (exact) mass is 431 g/mol. The molecule has 0 saturated heterocycles. The van der Waals surface area contributed by atoms with E-state index < -0.39 is 11.1 Å². The maximum absolute atomic E-state index is 13.8. The van der Waals surface area contributed by atoms with Gasteiger partial charge in [-0.3, -0.25) is 14.3 Å². The molecular weight excluding hydrogens is 408 g/mol. The number of nitrogens with zero attached hydrogens (tertiary/aromatic N) is 4. The maximum Gasteiger partial charge on any atom is 0.237 e. The maximum atomic E-state index is 13.8. The van der Waals surface area contributed by atoms with Gasteiger partial charge in [-0.15, -0.1) is 10.2 Å². The zero-order valence-corrected chi connectivity index (χ0v) is 18.0. The van der Waals surface area contributed by atoms with Gasteiger partial charge in [0.25, 0.3) is 0 Å². The van der Waals surface area contributed by atoms with Crippen molar-refractivity contribution in [1.29, 1.82) is 0 Å². The van der Waals surface area contributed by atoms with E-state index in [0.29, 0.717) is 16.7 Å². The summed E-state index contributed by atoms with van der Waals surface area (Å²) in [5.41, 5.74) is 0.811. The minimum atomic E-state index is -0.574. The summed E-state index contributed by atoms with van der Waals surface area (Å²) in [6.07, 6.45) is 0. The van der Waals surface area contributed by atoms with Gasteiger partial charge in [0, 0.05) is 5.69 Å². The lowest BCUT2D eigenvalue weighted by Gasteiger charge is -2.21. The quantitative estimate of drug-likeness (QED) is 0.566. The van der Waals surface area contributed by atoms with Crippen LogP contribution >= 0.6 is 11.8 Å². The van der Waals surface area contributed by atoms with E-state index in [4.69, 9.17) is 0 Å². The van der Waals surface area contributed by atoms with E-state index in [1.807, 2.05) is 30.5 Å². The third kappa shape index (κ3) is 4.85. The van der Waals surface area contributed by atoms with Crippen LogP contribution in [0.25, 0.3) is 5.69 Å². The third-order valence-corrected chi connectivity index (χ3v) is 5.72. The molecule has 2 atom stereocenters. The van der Waals surface area contributed by atoms with Crippen LogP contribution in [0.15, 0.2) is 53.7 Å². The normalized spacial score (nSPS) is 13.3. The first-order chi connectivity index (χ1) is 14.3. The van der Waals surface area contributed by atoms with Crippen molar-refractivity contribution in [2.24, 2.45) is 0 Å². The van der Waals surface area contributed by atoms with E-state index in [2.05, 4.69) is 15.5 Å². The van der Waals surface area contributed by atoms with Crippen molar-refractivity contribution in [3.05, 3.63) is 66.0 Å². The number of carbonyl (C=O) groups excluding carboxylic acids is 1. The Bertz CT molecular complexity index is 1020. The second-order valence-electron chi connectivity index (χ2n) is 7.02. The molecule has 2 aromatic carbocycles. The van der Waals surface area contributed by atoms with Crippen LogP contribution in [0.3, 0.4) is 0 Å². The topological polar surface area (TPSA) is 63.1 Å². The van der Waals surface area contributed by atoms with Crippen molar-refractivity contribution >= 4 is 23.4 Å². The Hall–Kier alpha value is -2.78. The lowest BCUT2D eigenvalue weighted by Crippen LogP contribution is -2.24. The van der Waals surface area contributed by atoms with Gasteiger partial charge in [0.15, 0.2) is 11.0 Å². The van der Waals surface area contributed by atoms with Crippen molar-refractivity contribution in [2.45, 2.75) is 30.3 Å². The molecule has 1 heterocycles. The summed E-state index contributed by atoms with van der Waals surface area (Å²) in [6.45, 7) is 3.69. The van der Waals surface area contributed by atoms with Crippen molar-refractivity contribution < 1.29 is 13.6 Å². The molecule has 0 fully saturated rings. The van der Waals surface area contributed by atoms with Crippen molar-refractivity contribution in [2.75, 3.05) is 19.4 Å². The molecule has 3 aromatic rings. The van der Waals surface area contributed by atoms with E-state index in [9.17, 15) is 13.6 Å². The lowest BCUT2D eigenvalue weighted by atomic mass is 10.2. The van der Waals surface area contributed by atoms with Gasteiger partial charge in [0.05, 0.1) is 17.0 Å². The fraction of sp³-hybridized carbons (Fsp3) is 0.286. The lowest BCUT2D eigenvalue weighted by molar-refractivity contribution is -0.115. The van der Waals surface area contributed by atoms with Crippen molar-refractivity contribution in [1.82, 2.24) is 19.7 Å². The molecule has 0 radical (unpaired) electrons. The summed E-state index contributed by atoms with van der Waals surface area (Å²) < 4.78 is 29.1. The number of nitrogens with one attached hydrogen (secondary N) is 1. The minimum absolute atomic E-state index is 0.0700. The first-order valence-electron chi connectivity index (χ1n) is 9.37. The molecule has 0 unspecified atom stereocenters. The number of hydrogen-bond acceptors (Lipinski definition) is 5. The van der Waals surface area contributed by atoms with Gasteiger partial charge in [0.2, 0.25) is 5.91 Å². The van der Waals surface area contributed by atoms with Gasteiger partial charge < -0.3 is 5.32 Å². The Balaban J connectivity index is 1.88. The van der Waals surface area contributed by atoms with Gasteiger partial charge in [-0.1, -0.05) is 23.9 Å². The summed E-state index contributed by atoms with van der Waals surface area (Å²) >= 11 is 1.19. The molecule has 158 valence electrons. The van der Waals surface area contributed by atoms with E-state index >= 15 is 0 Å². The van der Waals surface area contributed by atoms with Crippen LogP contribution < -0.4 is 5.32 Å². The Labute approximate surface area is 178 Å². The molecule has 1 N–H and O–H groups in total. The largest absolute Gasteiger partial charge is 0.323 e. The molecule has 1 aromatic heterocycles. The molecule has 0 aliphatic carbocycles. The number of carbonyl (C=O) groups is 1. The highest BCUT2D eigenvalue weighted by molar-refractivity contribution is 8.00. The number of hydrogen-bond donors (Lipinski definition) is 1. The van der Waals surface area contributed by atoms with Crippen LogP contribution in [0.1, 0.15) is 25.7 Å². The van der Waals surface area contributed by atoms with Gasteiger partial charge >= 0.3 is 0 Å². The number of aromatic nitrogens is 3. The molecule has 30 heavy (non-hydrogen) atoms. The molecular formula is C21H23F2N5OS. The molecule has 3 rings (SSSR count). The molecule has 0 aliphatic heterocycles. The standard InChI is InChI=1S/C21H23F2N5OS/c1-13(27(3)4)19-25-26-21(28(19)16-11-9-15(22)10-12-16)30-14(2)20(29)24-18-8-6-5-7-17(18)23/h5-14H,1-4H3,(H,24,29)/t13-,14+/m1/s1. The van der Waals surface area contributed by atoms with Gasteiger partial charge in [0.1, 0.15) is 11.6 Å². The van der Waals surface area contributed by atoms with Gasteiger partial charge in [-0.05, 0) is 64.3 Å². The SMILES string of the molecule is C[C@H](Sc1nnc([C@@H](C)N(C)C)n1-c1ccc(F)cc1)C(=O)Nc1ccccc1F. The second kappa shape index (κ2) is 9.36. The Morgan fingerprint density at radius 1 is 1.07 bits per heavy atom. The Morgan fingerprint density at radius 3 is 2.37 bits per heavy atom. The van der Waals surface area contributed by atoms with Crippen LogP contribution in [0.4, 0.5) is 14.5 Å². The minimum Gasteiger partial charge on any atom is -0.323 e. The van der Waals surface area contributed by atoms with E-state index in [0.717, 1.165) is 0 Å². The molecule has 0 saturated carbocycles. The number of anilines is 1. The smallest absolute Gasteiger partial charge is 0.237 e. The fourth-order valence-corrected chi connectivity index (χ4v) is 3.57. The zero-order chi connectivity index (χ0) is 21.8. The molecule has 0 spiro atoms. The van der Waals surface area contributed by atoms with Gasteiger partial charge in [-0.25, -0.2) is 8.78 Å². The number of rotatable bonds is 7. The van der Waals surface area contributed by atoms with Gasteiger partial charge in [-0.2, -0.15) is 0 Å². The number of thioether (sulfide) groups is 1. The first-order valence-corrected chi connectivity index (χ1v) is 10.3. The average Bonchev–Trinajstić information content (AvgIpc) is 3.12. The van der Waals surface area contributed by atoms with Crippen LogP contribution in [-0.2, 0) is 4.79 Å². The predicted octanol–water partition coefficient (Wildman–Crippen LogP) is 4.29. The number of amides is 1. The summed E-state index contributed by atoms with van der Waals surface area (Å²) in [5, 5.41) is 11.1. The number of para-hydroxylation sites is 1. The zero-order valence-electron chi connectivity index (χ0n) is 17.1. The van der Waals surface area contributed by atoms with Crippen molar-refractivity contribution in [3.8, 4) is 5.69 Å². The summed E-state index contributed by atoms with van der Waals surface area (Å²) in [5.74, 6) is -0.544. The van der Waals surface area contributed by atoms with E-state index in [1.54, 1.807) is 31.2 Å². The Morgan fingerprint density at radius 2 is 1.73 bits per heavy atom. The third-order valence-electron chi connectivity index (χ3n) is 4.67. The van der Waals surface area contributed by atoms with Crippen LogP contribution in [0.2, 0.25) is 0 Å². The summed E-state index contributed by atoms with van der Waals surface area (Å²) in [7, 11) is 3.84. The Kier molecular flexibility index (Phi) is 6.84. The second-order valence-corrected chi connectivity index (χ2v) is 8.33. The van der Waals surface area contributed by atoms with E-state index in [-0.39, 0.29) is 23.5 Å². The van der Waals surface area contributed by atoms with Crippen LogP contribution in [0.5, 0.6) is 0 Å². The van der Waals surface area contributed by atoms with Crippen LogP contribution in [-0.4, -0.2) is 44.9 Å². The molecule has 6 nitrogen and oxygen atoms in total. The average molecular weight is 432 g/mol. The van der Waals surface area contributed by atoms with E-state index in [1.165, 1.54) is 36.0 Å². The first kappa shape index (κ1) is 21.9. The van der Waals surface area contributed by atoms with Crippen LogP contribution in [0, 0.1) is 11.6 Å². The highest BCUT2D eigenvalue weighted by Crippen LogP contribution is 2.30. The fourth-order valence-electron chi connectivity index (χ4n) is 2.70. The predicted molar refractivity (Wildman–Crippen MR) is 114 cm³/mol. The molecule has 1 amide bonds. The number of benzene rings is 2.